The molecule has 2 fully saturated rings. The fraction of sp³-hybridized carbons (Fsp3) is 0.846. The van der Waals surface area contributed by atoms with E-state index in [2.05, 4.69) is 0 Å². The predicted octanol–water partition coefficient (Wildman–Crippen LogP) is 1.48. The van der Waals surface area contributed by atoms with Crippen molar-refractivity contribution in [1.82, 2.24) is 9.80 Å². The summed E-state index contributed by atoms with van der Waals surface area (Å²) in [5.41, 5.74) is 0. The van der Waals surface area contributed by atoms with E-state index in [0.717, 1.165) is 45.3 Å². The highest BCUT2D eigenvalue weighted by Crippen LogP contribution is 2.20. The summed E-state index contributed by atoms with van der Waals surface area (Å²) in [5, 5.41) is 0. The molecule has 1 unspecified atom stereocenters. The molecule has 5 nitrogen and oxygen atoms in total. The van der Waals surface area contributed by atoms with Crippen molar-refractivity contribution in [2.75, 3.05) is 32.8 Å². The van der Waals surface area contributed by atoms with Crippen LogP contribution in [0.5, 0.6) is 0 Å². The van der Waals surface area contributed by atoms with Gasteiger partial charge in [-0.05, 0) is 32.6 Å². The van der Waals surface area contributed by atoms with Crippen LogP contribution < -0.4 is 0 Å². The van der Waals surface area contributed by atoms with E-state index >= 15 is 0 Å². The van der Waals surface area contributed by atoms with Gasteiger partial charge >= 0.3 is 12.0 Å². The van der Waals surface area contributed by atoms with Crippen molar-refractivity contribution in [3.63, 3.8) is 0 Å². The van der Waals surface area contributed by atoms with Crippen LogP contribution in [-0.4, -0.2) is 54.6 Å². The van der Waals surface area contributed by atoms with Crippen molar-refractivity contribution in [3.05, 3.63) is 0 Å². The van der Waals surface area contributed by atoms with Gasteiger partial charge in [0.05, 0.1) is 12.5 Å². The summed E-state index contributed by atoms with van der Waals surface area (Å²) in [4.78, 5) is 27.7. The number of likely N-dealkylation sites (tertiary alicyclic amines) is 2. The number of nitrogens with zero attached hydrogens (tertiary/aromatic N) is 2. The molecule has 0 aromatic heterocycles. The standard InChI is InChI=1S/C13H22N2O3/c1-2-18-12(16)11-6-5-9-15(10-11)13(17)14-7-3-4-8-14/h11H,2-10H2,1H3. The average Bonchev–Trinajstić information content (AvgIpc) is 2.92. The molecular weight excluding hydrogens is 232 g/mol. The van der Waals surface area contributed by atoms with E-state index in [1.807, 2.05) is 16.7 Å². The fourth-order valence-corrected chi connectivity index (χ4v) is 2.71. The van der Waals surface area contributed by atoms with E-state index < -0.39 is 0 Å². The number of rotatable bonds is 2. The molecule has 0 bridgehead atoms. The quantitative estimate of drug-likeness (QED) is 0.701. The van der Waals surface area contributed by atoms with E-state index in [1.54, 1.807) is 0 Å². The molecule has 2 aliphatic rings. The molecular formula is C13H22N2O3. The molecule has 18 heavy (non-hydrogen) atoms. The first-order valence-corrected chi connectivity index (χ1v) is 6.93. The maximum atomic E-state index is 12.2. The summed E-state index contributed by atoms with van der Waals surface area (Å²) in [7, 11) is 0. The Hall–Kier alpha value is -1.26. The lowest BCUT2D eigenvalue weighted by molar-refractivity contribution is -0.149. The smallest absolute Gasteiger partial charge is 0.320 e. The number of ether oxygens (including phenoxy) is 1. The third-order valence-corrected chi connectivity index (χ3v) is 3.69. The molecule has 2 saturated heterocycles. The van der Waals surface area contributed by atoms with Gasteiger partial charge in [-0.3, -0.25) is 4.79 Å². The second-order valence-corrected chi connectivity index (χ2v) is 5.01. The molecule has 102 valence electrons. The Morgan fingerprint density at radius 2 is 1.78 bits per heavy atom. The van der Waals surface area contributed by atoms with Crippen LogP contribution in [0.4, 0.5) is 4.79 Å². The van der Waals surface area contributed by atoms with Gasteiger partial charge in [0.15, 0.2) is 0 Å². The van der Waals surface area contributed by atoms with Gasteiger partial charge in [0.1, 0.15) is 0 Å². The van der Waals surface area contributed by atoms with Gasteiger partial charge in [-0.25, -0.2) is 4.79 Å². The van der Waals surface area contributed by atoms with Gasteiger partial charge in [0.25, 0.3) is 0 Å². The summed E-state index contributed by atoms with van der Waals surface area (Å²) < 4.78 is 5.04. The van der Waals surface area contributed by atoms with Gasteiger partial charge in [-0.15, -0.1) is 0 Å². The van der Waals surface area contributed by atoms with E-state index in [0.29, 0.717) is 13.2 Å². The highest BCUT2D eigenvalue weighted by molar-refractivity contribution is 5.77. The van der Waals surface area contributed by atoms with E-state index in [-0.39, 0.29) is 17.9 Å². The van der Waals surface area contributed by atoms with Crippen molar-refractivity contribution in [2.24, 2.45) is 5.92 Å². The van der Waals surface area contributed by atoms with E-state index in [4.69, 9.17) is 4.74 Å². The number of hydrogen-bond donors (Lipinski definition) is 0. The third-order valence-electron chi connectivity index (χ3n) is 3.69. The fourth-order valence-electron chi connectivity index (χ4n) is 2.71. The molecule has 1 atom stereocenters. The van der Waals surface area contributed by atoms with Crippen LogP contribution >= 0.6 is 0 Å². The maximum absolute atomic E-state index is 12.2. The average molecular weight is 254 g/mol. The topological polar surface area (TPSA) is 49.9 Å². The molecule has 0 radical (unpaired) electrons. The highest BCUT2D eigenvalue weighted by Gasteiger charge is 2.32. The zero-order chi connectivity index (χ0) is 13.0. The van der Waals surface area contributed by atoms with Crippen LogP contribution in [0, 0.1) is 5.92 Å². The second kappa shape index (κ2) is 6.07. The summed E-state index contributed by atoms with van der Waals surface area (Å²) in [6.45, 7) is 5.24. The van der Waals surface area contributed by atoms with Crippen molar-refractivity contribution >= 4 is 12.0 Å². The number of piperidine rings is 1. The van der Waals surface area contributed by atoms with E-state index in [1.165, 1.54) is 0 Å². The first-order chi connectivity index (χ1) is 8.72. The first kappa shape index (κ1) is 13.2. The Morgan fingerprint density at radius 3 is 2.44 bits per heavy atom. The van der Waals surface area contributed by atoms with Gasteiger partial charge in [0.2, 0.25) is 0 Å². The zero-order valence-electron chi connectivity index (χ0n) is 11.1. The Balaban J connectivity index is 1.89. The number of hydrogen-bond acceptors (Lipinski definition) is 3. The molecule has 2 aliphatic heterocycles. The largest absolute Gasteiger partial charge is 0.466 e. The number of esters is 1. The molecule has 5 heteroatoms. The van der Waals surface area contributed by atoms with Crippen molar-refractivity contribution in [2.45, 2.75) is 32.6 Å². The minimum atomic E-state index is -0.156. The van der Waals surface area contributed by atoms with Crippen LogP contribution in [0.2, 0.25) is 0 Å². The summed E-state index contributed by atoms with van der Waals surface area (Å²) in [6.07, 6.45) is 3.92. The minimum Gasteiger partial charge on any atom is -0.466 e. The molecule has 2 amide bonds. The Labute approximate surface area is 108 Å². The molecule has 0 aromatic rings. The maximum Gasteiger partial charge on any atom is 0.320 e. The van der Waals surface area contributed by atoms with Gasteiger partial charge in [-0.1, -0.05) is 0 Å². The van der Waals surface area contributed by atoms with Crippen molar-refractivity contribution in [1.29, 1.82) is 0 Å². The van der Waals surface area contributed by atoms with Crippen molar-refractivity contribution < 1.29 is 14.3 Å². The number of carbonyl (C=O) groups excluding carboxylic acids is 2. The lowest BCUT2D eigenvalue weighted by atomic mass is 9.98. The molecule has 2 rings (SSSR count). The Bertz CT molecular complexity index is 313. The molecule has 2 heterocycles. The lowest BCUT2D eigenvalue weighted by Gasteiger charge is -2.34. The van der Waals surface area contributed by atoms with Gasteiger partial charge < -0.3 is 14.5 Å². The molecule has 0 spiro atoms. The van der Waals surface area contributed by atoms with Crippen molar-refractivity contribution in [3.8, 4) is 0 Å². The van der Waals surface area contributed by atoms with Crippen LogP contribution in [-0.2, 0) is 9.53 Å². The van der Waals surface area contributed by atoms with E-state index in [9.17, 15) is 9.59 Å². The third kappa shape index (κ3) is 2.94. The zero-order valence-corrected chi connectivity index (χ0v) is 11.1. The predicted molar refractivity (Wildman–Crippen MR) is 67.1 cm³/mol. The van der Waals surface area contributed by atoms with Gasteiger partial charge in [0, 0.05) is 26.2 Å². The first-order valence-electron chi connectivity index (χ1n) is 6.93. The van der Waals surface area contributed by atoms with Crippen LogP contribution in [0.25, 0.3) is 0 Å². The lowest BCUT2D eigenvalue weighted by Crippen LogP contribution is -2.48. The summed E-state index contributed by atoms with van der Waals surface area (Å²) >= 11 is 0. The monoisotopic (exact) mass is 254 g/mol. The van der Waals surface area contributed by atoms with Crippen LogP contribution in [0.1, 0.15) is 32.6 Å². The van der Waals surface area contributed by atoms with Crippen LogP contribution in [0.3, 0.4) is 0 Å². The number of carbonyl (C=O) groups is 2. The number of amides is 2. The summed E-state index contributed by atoms with van der Waals surface area (Å²) in [6, 6.07) is 0.0986. The molecule has 0 aromatic carbocycles. The number of urea groups is 1. The Morgan fingerprint density at radius 1 is 1.11 bits per heavy atom. The molecule has 0 aliphatic carbocycles. The molecule has 0 saturated carbocycles. The Kier molecular flexibility index (Phi) is 4.44. The SMILES string of the molecule is CCOC(=O)C1CCCN(C(=O)N2CCCC2)C1. The second-order valence-electron chi connectivity index (χ2n) is 5.01. The summed E-state index contributed by atoms with van der Waals surface area (Å²) in [5.74, 6) is -0.290. The van der Waals surface area contributed by atoms with Gasteiger partial charge in [-0.2, -0.15) is 0 Å². The van der Waals surface area contributed by atoms with Crippen LogP contribution in [0.15, 0.2) is 0 Å². The highest BCUT2D eigenvalue weighted by atomic mass is 16.5. The minimum absolute atomic E-state index is 0.0986. The normalized spacial score (nSPS) is 24.2. The molecule has 0 N–H and O–H groups in total.